The molecule has 6 rings (SSSR count). The Morgan fingerprint density at radius 3 is 1.23 bits per heavy atom. The third-order valence-corrected chi connectivity index (χ3v) is 11.3. The van der Waals surface area contributed by atoms with Gasteiger partial charge in [0.05, 0.1) is 9.49 Å². The van der Waals surface area contributed by atoms with Crippen molar-refractivity contribution in [2.45, 2.75) is 41.1 Å². The van der Waals surface area contributed by atoms with Gasteiger partial charge in [0.25, 0.3) is 0 Å². The van der Waals surface area contributed by atoms with E-state index >= 15 is 17.6 Å². The summed E-state index contributed by atoms with van der Waals surface area (Å²) in [5.74, 6) is -10.8. The number of hydrogen-bond acceptors (Lipinski definition) is 2. The molecule has 2 aromatic carbocycles. The first-order valence-electron chi connectivity index (χ1n) is 11.8. The number of allylic oxidation sites excluding steroid dienone is 4. The van der Waals surface area contributed by atoms with E-state index < -0.39 is 38.4 Å². The minimum Gasteiger partial charge on any atom is -0.194 e. The molecule has 0 nitrogen and oxygen atoms in total. The van der Waals surface area contributed by atoms with Crippen LogP contribution in [0.4, 0.5) is 26.3 Å². The molecule has 0 unspecified atom stereocenters. The summed E-state index contributed by atoms with van der Waals surface area (Å²) in [6.45, 7) is 3.32. The molecule has 2 atom stereocenters. The van der Waals surface area contributed by atoms with Crippen LogP contribution in [0.2, 0.25) is 0 Å². The van der Waals surface area contributed by atoms with Crippen molar-refractivity contribution in [3.8, 4) is 24.7 Å². The lowest BCUT2D eigenvalue weighted by atomic mass is 9.71. The molecule has 0 saturated heterocycles. The Morgan fingerprint density at radius 1 is 0.590 bits per heavy atom. The molecular weight excluding hydrogens is 550 g/mol. The standard InChI is InChI=1S/C31H18F6S2/c1-5-17-7-11-19(12-8-17)23-15-21-25-26(30(34,35)31(36,37)29(25,32)33)22-16-24(20-13-9-18(6-2)10-14-20)39-28(22,4)27(21,3)38-23/h1-2,7-16H,3-4H3/t27-,28-/m0/s1. The topological polar surface area (TPSA) is 0 Å². The quantitative estimate of drug-likeness (QED) is 0.263. The van der Waals surface area contributed by atoms with Gasteiger partial charge < -0.3 is 0 Å². The van der Waals surface area contributed by atoms with Crippen molar-refractivity contribution in [2.24, 2.45) is 0 Å². The van der Waals surface area contributed by atoms with Crippen molar-refractivity contribution in [1.29, 1.82) is 0 Å². The predicted octanol–water partition coefficient (Wildman–Crippen LogP) is 8.57. The smallest absolute Gasteiger partial charge is 0.194 e. The summed E-state index contributed by atoms with van der Waals surface area (Å²) in [4.78, 5) is 1.01. The summed E-state index contributed by atoms with van der Waals surface area (Å²) in [6.07, 6.45) is 13.6. The van der Waals surface area contributed by atoms with Gasteiger partial charge in [0.1, 0.15) is 0 Å². The van der Waals surface area contributed by atoms with Crippen LogP contribution in [0.5, 0.6) is 0 Å². The number of thioether (sulfide) groups is 2. The lowest BCUT2D eigenvalue weighted by Gasteiger charge is -2.47. The zero-order valence-corrected chi connectivity index (χ0v) is 22.1. The number of hydrogen-bond donors (Lipinski definition) is 0. The molecule has 1 saturated carbocycles. The molecule has 8 heteroatoms. The lowest BCUT2D eigenvalue weighted by Crippen LogP contribution is -2.48. The Labute approximate surface area is 230 Å². The molecule has 2 aromatic rings. The van der Waals surface area contributed by atoms with Crippen LogP contribution in [0.1, 0.15) is 36.1 Å². The summed E-state index contributed by atoms with van der Waals surface area (Å²) in [5, 5.41) is 0. The molecule has 0 N–H and O–H groups in total. The van der Waals surface area contributed by atoms with E-state index in [4.69, 9.17) is 12.8 Å². The first kappa shape index (κ1) is 26.0. The SMILES string of the molecule is C#Cc1ccc(C2=CC3=C4C(=C5C=C(c6ccc(C#C)cc6)S[C@]5(C)[C@@]3(C)S2)C(F)(F)C(F)(F)C4(F)F)cc1. The fourth-order valence-electron chi connectivity index (χ4n) is 5.66. The molecule has 0 aromatic heterocycles. The Hall–Kier alpha value is -3.20. The van der Waals surface area contributed by atoms with Crippen LogP contribution in [0.25, 0.3) is 9.81 Å². The van der Waals surface area contributed by atoms with E-state index in [2.05, 4.69) is 11.8 Å². The van der Waals surface area contributed by atoms with Crippen LogP contribution in [0, 0.1) is 24.7 Å². The van der Waals surface area contributed by atoms with E-state index in [1.54, 1.807) is 62.4 Å². The van der Waals surface area contributed by atoms with Crippen LogP contribution in [-0.2, 0) is 0 Å². The number of benzene rings is 2. The van der Waals surface area contributed by atoms with E-state index in [9.17, 15) is 8.78 Å². The molecule has 0 radical (unpaired) electrons. The highest BCUT2D eigenvalue weighted by Crippen LogP contribution is 2.75. The molecule has 1 fully saturated rings. The first-order chi connectivity index (χ1) is 18.2. The molecule has 0 bridgehead atoms. The summed E-state index contributed by atoms with van der Waals surface area (Å²) in [5.41, 5.74) is -0.543. The zero-order chi connectivity index (χ0) is 28.2. The van der Waals surface area contributed by atoms with Gasteiger partial charge in [-0.25, -0.2) is 0 Å². The van der Waals surface area contributed by atoms with Gasteiger partial charge in [-0.3, -0.25) is 0 Å². The van der Waals surface area contributed by atoms with Crippen LogP contribution in [0.3, 0.4) is 0 Å². The van der Waals surface area contributed by atoms with Crippen molar-refractivity contribution in [2.75, 3.05) is 0 Å². The molecule has 2 aliphatic heterocycles. The highest BCUT2D eigenvalue weighted by molar-refractivity contribution is 8.14. The Bertz CT molecular complexity index is 1540. The summed E-state index contributed by atoms with van der Waals surface area (Å²) in [7, 11) is 0. The Morgan fingerprint density at radius 2 is 0.923 bits per heavy atom. The monoisotopic (exact) mass is 568 g/mol. The maximum Gasteiger partial charge on any atom is 0.380 e. The second kappa shape index (κ2) is 7.93. The first-order valence-corrected chi connectivity index (χ1v) is 13.5. The fraction of sp³-hybridized carbons (Fsp3) is 0.226. The van der Waals surface area contributed by atoms with Gasteiger partial charge in [-0.05, 0) is 72.5 Å². The lowest BCUT2D eigenvalue weighted by molar-refractivity contribution is -0.258. The van der Waals surface area contributed by atoms with Crippen molar-refractivity contribution < 1.29 is 26.3 Å². The number of halogens is 6. The van der Waals surface area contributed by atoms with Gasteiger partial charge in [-0.15, -0.1) is 36.4 Å². The largest absolute Gasteiger partial charge is 0.380 e. The molecule has 2 aliphatic carbocycles. The van der Waals surface area contributed by atoms with E-state index in [1.807, 2.05) is 0 Å². The highest BCUT2D eigenvalue weighted by atomic mass is 32.2. The van der Waals surface area contributed by atoms with Crippen molar-refractivity contribution in [3.05, 3.63) is 105 Å². The summed E-state index contributed by atoms with van der Waals surface area (Å²) < 4.78 is 89.1. The van der Waals surface area contributed by atoms with E-state index in [0.717, 1.165) is 0 Å². The average molecular weight is 569 g/mol. The van der Waals surface area contributed by atoms with Crippen molar-refractivity contribution in [3.63, 3.8) is 0 Å². The highest BCUT2D eigenvalue weighted by Gasteiger charge is 2.84. The number of terminal acetylenes is 2. The van der Waals surface area contributed by atoms with E-state index in [1.165, 1.54) is 35.7 Å². The minimum absolute atomic E-state index is 0.212. The average Bonchev–Trinajstić information content (AvgIpc) is 3.48. The second-order valence-electron chi connectivity index (χ2n) is 10.0. The molecule has 0 amide bonds. The molecule has 196 valence electrons. The number of alkyl halides is 6. The Kier molecular flexibility index (Phi) is 5.30. The summed E-state index contributed by atoms with van der Waals surface area (Å²) >= 11 is 2.41. The van der Waals surface area contributed by atoms with Gasteiger partial charge in [0.2, 0.25) is 0 Å². The van der Waals surface area contributed by atoms with E-state index in [0.29, 0.717) is 32.1 Å². The third-order valence-electron chi connectivity index (χ3n) is 7.99. The predicted molar refractivity (Wildman–Crippen MR) is 146 cm³/mol. The summed E-state index contributed by atoms with van der Waals surface area (Å²) in [6, 6.07) is 13.5. The fourth-order valence-corrected chi connectivity index (χ4v) is 8.80. The molecule has 39 heavy (non-hydrogen) atoms. The minimum atomic E-state index is -5.60. The normalized spacial score (nSPS) is 29.2. The zero-order valence-electron chi connectivity index (χ0n) is 20.5. The number of rotatable bonds is 2. The Balaban J connectivity index is 1.62. The number of fused-ring (bicyclic) bond motifs is 4. The van der Waals surface area contributed by atoms with Gasteiger partial charge in [0.15, 0.2) is 0 Å². The molecular formula is C31H18F6S2. The van der Waals surface area contributed by atoms with Crippen LogP contribution >= 0.6 is 23.5 Å². The van der Waals surface area contributed by atoms with Crippen LogP contribution in [-0.4, -0.2) is 27.3 Å². The van der Waals surface area contributed by atoms with Crippen LogP contribution < -0.4 is 0 Å². The van der Waals surface area contributed by atoms with Gasteiger partial charge in [-0.1, -0.05) is 36.1 Å². The van der Waals surface area contributed by atoms with Crippen LogP contribution in [0.15, 0.2) is 83.0 Å². The molecule has 4 aliphatic rings. The maximum absolute atomic E-state index is 15.4. The van der Waals surface area contributed by atoms with Gasteiger partial charge in [-0.2, -0.15) is 26.3 Å². The maximum atomic E-state index is 15.4. The van der Waals surface area contributed by atoms with Gasteiger partial charge in [0, 0.05) is 32.1 Å². The third kappa shape index (κ3) is 3.11. The molecule has 0 spiro atoms. The van der Waals surface area contributed by atoms with Crippen molar-refractivity contribution >= 4 is 33.3 Å². The molecule has 2 heterocycles. The van der Waals surface area contributed by atoms with Gasteiger partial charge >= 0.3 is 17.8 Å². The van der Waals surface area contributed by atoms with Crippen molar-refractivity contribution in [1.82, 2.24) is 0 Å². The van der Waals surface area contributed by atoms with E-state index in [-0.39, 0.29) is 11.1 Å². The second-order valence-corrected chi connectivity index (χ2v) is 13.0.